The van der Waals surface area contributed by atoms with Crippen molar-refractivity contribution in [3.63, 3.8) is 0 Å². The third-order valence-corrected chi connectivity index (χ3v) is 2.85. The number of aromatic carboxylic acids is 1. The summed E-state index contributed by atoms with van der Waals surface area (Å²) in [4.78, 5) is 21.9. The number of ketones is 1. The number of hydrogen-bond acceptors (Lipinski definition) is 2. The molecular weight excluding hydrogens is 192 g/mol. The maximum absolute atomic E-state index is 11.1. The highest BCUT2D eigenvalue weighted by molar-refractivity contribution is 5.88. The van der Waals surface area contributed by atoms with Crippen LogP contribution in [0.3, 0.4) is 0 Å². The van der Waals surface area contributed by atoms with Crippen LogP contribution >= 0.6 is 0 Å². The second kappa shape index (κ2) is 3.85. The Balaban J connectivity index is 2.25. The number of carbonyl (C=O) groups excluding carboxylic acids is 1. The van der Waals surface area contributed by atoms with Gasteiger partial charge in [-0.3, -0.25) is 4.79 Å². The van der Waals surface area contributed by atoms with Gasteiger partial charge in [-0.1, -0.05) is 12.1 Å². The lowest BCUT2D eigenvalue weighted by atomic mass is 9.96. The van der Waals surface area contributed by atoms with Gasteiger partial charge in [0, 0.05) is 12.8 Å². The molecule has 78 valence electrons. The Morgan fingerprint density at radius 3 is 2.80 bits per heavy atom. The first-order valence-electron chi connectivity index (χ1n) is 5.02. The van der Waals surface area contributed by atoms with Crippen molar-refractivity contribution in [2.75, 3.05) is 0 Å². The Hall–Kier alpha value is -1.64. The molecule has 0 aromatic heterocycles. The van der Waals surface area contributed by atoms with E-state index in [0.717, 1.165) is 12.0 Å². The number of carboxylic acids is 1. The normalized spacial score (nSPS) is 20.5. The predicted octanol–water partition coefficient (Wildman–Crippen LogP) is 2.22. The molecule has 0 saturated heterocycles. The summed E-state index contributed by atoms with van der Waals surface area (Å²) in [7, 11) is 0. The van der Waals surface area contributed by atoms with Gasteiger partial charge in [0.05, 0.1) is 5.56 Å². The lowest BCUT2D eigenvalue weighted by Crippen LogP contribution is -2.00. The molecule has 0 radical (unpaired) electrons. The van der Waals surface area contributed by atoms with Crippen LogP contribution in [0.15, 0.2) is 24.3 Å². The fraction of sp³-hybridized carbons (Fsp3) is 0.333. The Kier molecular flexibility index (Phi) is 2.54. The molecule has 1 atom stereocenters. The molecule has 1 N–H and O–H groups in total. The number of rotatable bonds is 2. The molecule has 1 aliphatic rings. The highest BCUT2D eigenvalue weighted by Crippen LogP contribution is 2.32. The topological polar surface area (TPSA) is 54.4 Å². The van der Waals surface area contributed by atoms with Crippen LogP contribution in [0.1, 0.15) is 41.1 Å². The van der Waals surface area contributed by atoms with E-state index in [1.54, 1.807) is 18.2 Å². The zero-order valence-corrected chi connectivity index (χ0v) is 8.27. The molecule has 1 aromatic carbocycles. The Morgan fingerprint density at radius 2 is 2.20 bits per heavy atom. The summed E-state index contributed by atoms with van der Waals surface area (Å²) >= 11 is 0. The van der Waals surface area contributed by atoms with Crippen molar-refractivity contribution < 1.29 is 14.7 Å². The SMILES string of the molecule is O=C1CCC(c2cccc(C(=O)O)c2)C1. The van der Waals surface area contributed by atoms with E-state index in [2.05, 4.69) is 0 Å². The molecule has 1 aromatic rings. The Bertz CT molecular complexity index is 409. The highest BCUT2D eigenvalue weighted by Gasteiger charge is 2.23. The summed E-state index contributed by atoms with van der Waals surface area (Å²) in [6.45, 7) is 0. The predicted molar refractivity (Wildman–Crippen MR) is 55.0 cm³/mol. The summed E-state index contributed by atoms with van der Waals surface area (Å²) in [5.74, 6) is -0.418. The van der Waals surface area contributed by atoms with E-state index in [0.29, 0.717) is 18.4 Å². The van der Waals surface area contributed by atoms with Crippen LogP contribution < -0.4 is 0 Å². The van der Waals surface area contributed by atoms with Gasteiger partial charge in [-0.05, 0) is 30.0 Å². The van der Waals surface area contributed by atoms with E-state index in [-0.39, 0.29) is 11.7 Å². The van der Waals surface area contributed by atoms with Crippen molar-refractivity contribution in [1.82, 2.24) is 0 Å². The minimum atomic E-state index is -0.916. The standard InChI is InChI=1S/C12H12O3/c13-11-5-4-9(7-11)8-2-1-3-10(6-8)12(14)15/h1-3,6,9H,4-5,7H2,(H,14,15). The zero-order valence-electron chi connectivity index (χ0n) is 8.27. The van der Waals surface area contributed by atoms with E-state index in [9.17, 15) is 9.59 Å². The highest BCUT2D eigenvalue weighted by atomic mass is 16.4. The quantitative estimate of drug-likeness (QED) is 0.803. The average Bonchev–Trinajstić information content (AvgIpc) is 2.65. The van der Waals surface area contributed by atoms with Gasteiger partial charge in [0.2, 0.25) is 0 Å². The molecule has 1 aliphatic carbocycles. The first-order valence-corrected chi connectivity index (χ1v) is 5.02. The van der Waals surface area contributed by atoms with E-state index < -0.39 is 5.97 Å². The molecule has 0 amide bonds. The van der Waals surface area contributed by atoms with E-state index in [4.69, 9.17) is 5.11 Å². The summed E-state index contributed by atoms with van der Waals surface area (Å²) in [6.07, 6.45) is 2.03. The minimum absolute atomic E-state index is 0.219. The van der Waals surface area contributed by atoms with Crippen LogP contribution in [0.2, 0.25) is 0 Å². The molecule has 0 heterocycles. The van der Waals surface area contributed by atoms with Crippen LogP contribution in [0.4, 0.5) is 0 Å². The summed E-state index contributed by atoms with van der Waals surface area (Å²) < 4.78 is 0. The molecule has 1 saturated carbocycles. The molecule has 0 aliphatic heterocycles. The van der Waals surface area contributed by atoms with Crippen molar-refractivity contribution in [3.05, 3.63) is 35.4 Å². The molecule has 15 heavy (non-hydrogen) atoms. The second-order valence-electron chi connectivity index (χ2n) is 3.91. The van der Waals surface area contributed by atoms with Crippen LogP contribution in [0, 0.1) is 0 Å². The van der Waals surface area contributed by atoms with Gasteiger partial charge in [-0.25, -0.2) is 4.79 Å². The van der Waals surface area contributed by atoms with Gasteiger partial charge in [-0.15, -0.1) is 0 Å². The summed E-state index contributed by atoms with van der Waals surface area (Å²) in [5, 5.41) is 8.84. The van der Waals surface area contributed by atoms with E-state index >= 15 is 0 Å². The minimum Gasteiger partial charge on any atom is -0.478 e. The number of carboxylic acid groups (broad SMARTS) is 1. The van der Waals surface area contributed by atoms with Crippen molar-refractivity contribution in [3.8, 4) is 0 Å². The maximum Gasteiger partial charge on any atom is 0.335 e. The molecule has 0 bridgehead atoms. The zero-order chi connectivity index (χ0) is 10.8. The van der Waals surface area contributed by atoms with Crippen molar-refractivity contribution in [2.45, 2.75) is 25.2 Å². The first kappa shape index (κ1) is 9.90. The molecular formula is C12H12O3. The molecule has 1 unspecified atom stereocenters. The fourth-order valence-electron chi connectivity index (χ4n) is 2.02. The lowest BCUT2D eigenvalue weighted by molar-refractivity contribution is -0.117. The van der Waals surface area contributed by atoms with E-state index in [1.807, 2.05) is 6.07 Å². The van der Waals surface area contributed by atoms with Gasteiger partial charge in [0.25, 0.3) is 0 Å². The van der Waals surface area contributed by atoms with Gasteiger partial charge in [-0.2, -0.15) is 0 Å². The van der Waals surface area contributed by atoms with Gasteiger partial charge >= 0.3 is 5.97 Å². The second-order valence-corrected chi connectivity index (χ2v) is 3.91. The lowest BCUT2D eigenvalue weighted by Gasteiger charge is -2.08. The van der Waals surface area contributed by atoms with Gasteiger partial charge in [0.1, 0.15) is 5.78 Å². The van der Waals surface area contributed by atoms with Gasteiger partial charge in [0.15, 0.2) is 0 Å². The van der Waals surface area contributed by atoms with E-state index in [1.165, 1.54) is 0 Å². The molecule has 1 fully saturated rings. The summed E-state index contributed by atoms with van der Waals surface area (Å²) in [6, 6.07) is 6.88. The Labute approximate surface area is 87.7 Å². The molecule has 3 heteroatoms. The van der Waals surface area contributed by atoms with Crippen molar-refractivity contribution in [1.29, 1.82) is 0 Å². The largest absolute Gasteiger partial charge is 0.478 e. The monoisotopic (exact) mass is 204 g/mol. The smallest absolute Gasteiger partial charge is 0.335 e. The number of benzene rings is 1. The van der Waals surface area contributed by atoms with Crippen LogP contribution in [-0.2, 0) is 4.79 Å². The number of hydrogen-bond donors (Lipinski definition) is 1. The first-order chi connectivity index (χ1) is 7.16. The third-order valence-electron chi connectivity index (χ3n) is 2.85. The van der Waals surface area contributed by atoms with Gasteiger partial charge < -0.3 is 5.11 Å². The molecule has 2 rings (SSSR count). The fourth-order valence-corrected chi connectivity index (χ4v) is 2.02. The van der Waals surface area contributed by atoms with Crippen molar-refractivity contribution in [2.24, 2.45) is 0 Å². The molecule has 0 spiro atoms. The maximum atomic E-state index is 11.1. The third kappa shape index (κ3) is 2.06. The van der Waals surface area contributed by atoms with Crippen molar-refractivity contribution >= 4 is 11.8 Å². The average molecular weight is 204 g/mol. The number of Topliss-reactive ketones (excluding diaryl/α,β-unsaturated/α-hetero) is 1. The summed E-state index contributed by atoms with van der Waals surface area (Å²) in [5.41, 5.74) is 1.27. The van der Waals surface area contributed by atoms with Crippen LogP contribution in [-0.4, -0.2) is 16.9 Å². The number of carbonyl (C=O) groups is 2. The van der Waals surface area contributed by atoms with Crippen LogP contribution in [0.25, 0.3) is 0 Å². The van der Waals surface area contributed by atoms with Crippen LogP contribution in [0.5, 0.6) is 0 Å². The Morgan fingerprint density at radius 1 is 1.40 bits per heavy atom. The molecule has 3 nitrogen and oxygen atoms in total.